The van der Waals surface area contributed by atoms with Crippen LogP contribution in [0.4, 0.5) is 5.69 Å². The van der Waals surface area contributed by atoms with Crippen LogP contribution in [0.15, 0.2) is 102 Å². The van der Waals surface area contributed by atoms with Crippen LogP contribution in [0, 0.1) is 0 Å². The molecule has 0 aliphatic heterocycles. The lowest BCUT2D eigenvalue weighted by molar-refractivity contribution is -0.117. The van der Waals surface area contributed by atoms with Crippen molar-refractivity contribution in [3.8, 4) is 11.5 Å². The van der Waals surface area contributed by atoms with Crippen molar-refractivity contribution in [2.75, 3.05) is 24.6 Å². The number of amides is 2. The molecule has 242 valence electrons. The molecule has 0 saturated carbocycles. The maximum Gasteiger partial charge on any atom is 0.345 e. The first-order valence-electron chi connectivity index (χ1n) is 14.9. The average molecular weight is 674 g/mol. The summed E-state index contributed by atoms with van der Waals surface area (Å²) in [4.78, 5) is 41.3. The van der Waals surface area contributed by atoms with Crippen LogP contribution in [-0.4, -0.2) is 43.7 Å². The Morgan fingerprint density at radius 3 is 2.02 bits per heavy atom. The van der Waals surface area contributed by atoms with E-state index in [1.807, 2.05) is 24.3 Å². The number of anilines is 1. The molecule has 0 heterocycles. The molecule has 2 amide bonds. The van der Waals surface area contributed by atoms with E-state index in [9.17, 15) is 14.4 Å². The zero-order chi connectivity index (χ0) is 33.8. The van der Waals surface area contributed by atoms with Crippen molar-refractivity contribution in [2.24, 2.45) is 5.10 Å². The Morgan fingerprint density at radius 2 is 1.40 bits per heavy atom. The van der Waals surface area contributed by atoms with Crippen molar-refractivity contribution in [3.63, 3.8) is 0 Å². The molecule has 0 radical (unpaired) electrons. The van der Waals surface area contributed by atoms with E-state index < -0.39 is 17.8 Å². The molecule has 0 unspecified atom stereocenters. The standard InChI is InChI=1S/C36H34Cl2N4O5/c1-4-42(5-2)26-18-15-24(16-19-26)21-31(40-34(43)27-11-7-9-13-29(27)37)35(44)41-39-23-25-17-20-32(33(22-25)46-6-3)47-36(45)28-12-8-10-14-30(28)38/h7-23H,4-6H2,1-3H3,(H,40,43)(H,41,44). The van der Waals surface area contributed by atoms with Crippen LogP contribution in [0.25, 0.3) is 6.08 Å². The van der Waals surface area contributed by atoms with Crippen LogP contribution in [0.2, 0.25) is 10.0 Å². The fourth-order valence-electron chi connectivity index (χ4n) is 4.50. The van der Waals surface area contributed by atoms with E-state index in [2.05, 4.69) is 34.6 Å². The van der Waals surface area contributed by atoms with Crippen LogP contribution in [0.3, 0.4) is 0 Å². The minimum absolute atomic E-state index is 0.0421. The summed E-state index contributed by atoms with van der Waals surface area (Å²) in [7, 11) is 0. The topological polar surface area (TPSA) is 109 Å². The lowest BCUT2D eigenvalue weighted by Gasteiger charge is -2.21. The smallest absolute Gasteiger partial charge is 0.345 e. The van der Waals surface area contributed by atoms with Gasteiger partial charge in [0.1, 0.15) is 5.70 Å². The van der Waals surface area contributed by atoms with E-state index in [4.69, 9.17) is 32.7 Å². The minimum atomic E-state index is -0.662. The highest BCUT2D eigenvalue weighted by atomic mass is 35.5. The van der Waals surface area contributed by atoms with E-state index >= 15 is 0 Å². The monoisotopic (exact) mass is 672 g/mol. The Hall–Kier alpha value is -5.12. The summed E-state index contributed by atoms with van der Waals surface area (Å²) in [5.41, 5.74) is 5.13. The first-order chi connectivity index (χ1) is 22.7. The second kappa shape index (κ2) is 17.0. The molecule has 0 aromatic heterocycles. The van der Waals surface area contributed by atoms with E-state index in [1.54, 1.807) is 79.7 Å². The van der Waals surface area contributed by atoms with Gasteiger partial charge in [-0.15, -0.1) is 0 Å². The van der Waals surface area contributed by atoms with Gasteiger partial charge in [0.25, 0.3) is 11.8 Å². The highest BCUT2D eigenvalue weighted by molar-refractivity contribution is 6.34. The molecular formula is C36H34Cl2N4O5. The summed E-state index contributed by atoms with van der Waals surface area (Å²) < 4.78 is 11.2. The van der Waals surface area contributed by atoms with Crippen molar-refractivity contribution in [2.45, 2.75) is 20.8 Å². The first-order valence-corrected chi connectivity index (χ1v) is 15.7. The van der Waals surface area contributed by atoms with Gasteiger partial charge in [-0.3, -0.25) is 9.59 Å². The predicted molar refractivity (Wildman–Crippen MR) is 187 cm³/mol. The van der Waals surface area contributed by atoms with Crippen molar-refractivity contribution in [1.29, 1.82) is 0 Å². The molecule has 0 aliphatic rings. The van der Waals surface area contributed by atoms with Gasteiger partial charge in [0.15, 0.2) is 11.5 Å². The zero-order valence-corrected chi connectivity index (χ0v) is 27.6. The molecule has 47 heavy (non-hydrogen) atoms. The molecule has 0 saturated heterocycles. The molecule has 0 aliphatic carbocycles. The van der Waals surface area contributed by atoms with Gasteiger partial charge in [-0.2, -0.15) is 5.10 Å². The van der Waals surface area contributed by atoms with Gasteiger partial charge in [0, 0.05) is 18.8 Å². The van der Waals surface area contributed by atoms with Gasteiger partial charge in [-0.05, 0) is 92.6 Å². The van der Waals surface area contributed by atoms with Gasteiger partial charge in [-0.25, -0.2) is 10.2 Å². The molecule has 4 aromatic rings. The Kier molecular flexibility index (Phi) is 12.6. The third-order valence-corrected chi connectivity index (χ3v) is 7.55. The summed E-state index contributed by atoms with van der Waals surface area (Å²) in [6.07, 6.45) is 2.95. The molecule has 4 rings (SSSR count). The molecule has 4 aromatic carbocycles. The number of rotatable bonds is 13. The molecule has 0 bridgehead atoms. The Morgan fingerprint density at radius 1 is 0.787 bits per heavy atom. The molecule has 11 heteroatoms. The molecule has 9 nitrogen and oxygen atoms in total. The fourth-order valence-corrected chi connectivity index (χ4v) is 4.93. The molecule has 2 N–H and O–H groups in total. The number of carbonyl (C=O) groups excluding carboxylic acids is 3. The van der Waals surface area contributed by atoms with Crippen LogP contribution in [0.5, 0.6) is 11.5 Å². The van der Waals surface area contributed by atoms with Crippen LogP contribution in [0.1, 0.15) is 52.6 Å². The van der Waals surface area contributed by atoms with E-state index in [0.717, 1.165) is 18.8 Å². The summed E-state index contributed by atoms with van der Waals surface area (Å²) in [5.74, 6) is -1.36. The predicted octanol–water partition coefficient (Wildman–Crippen LogP) is 7.38. The summed E-state index contributed by atoms with van der Waals surface area (Å²) in [5, 5.41) is 7.26. The zero-order valence-electron chi connectivity index (χ0n) is 26.1. The van der Waals surface area contributed by atoms with E-state index in [1.165, 1.54) is 6.21 Å². The number of esters is 1. The third-order valence-electron chi connectivity index (χ3n) is 6.89. The van der Waals surface area contributed by atoms with Crippen molar-refractivity contribution >= 4 is 59.0 Å². The summed E-state index contributed by atoms with van der Waals surface area (Å²) in [6.45, 7) is 7.97. The Bertz CT molecular complexity index is 1790. The molecule has 0 atom stereocenters. The number of carbonyl (C=O) groups is 3. The molecule has 0 spiro atoms. The summed E-state index contributed by atoms with van der Waals surface area (Å²) >= 11 is 12.4. The van der Waals surface area contributed by atoms with E-state index in [0.29, 0.717) is 23.5 Å². The van der Waals surface area contributed by atoms with Crippen LogP contribution < -0.4 is 25.1 Å². The lowest BCUT2D eigenvalue weighted by Crippen LogP contribution is -2.33. The molecular weight excluding hydrogens is 639 g/mol. The lowest BCUT2D eigenvalue weighted by atomic mass is 10.1. The number of benzene rings is 4. The van der Waals surface area contributed by atoms with Crippen molar-refractivity contribution in [1.82, 2.24) is 10.7 Å². The fraction of sp³-hybridized carbons (Fsp3) is 0.167. The minimum Gasteiger partial charge on any atom is -0.490 e. The number of hydrogen-bond acceptors (Lipinski definition) is 7. The number of nitrogens with one attached hydrogen (secondary N) is 2. The quantitative estimate of drug-likeness (QED) is 0.0504. The van der Waals surface area contributed by atoms with Crippen LogP contribution in [-0.2, 0) is 4.79 Å². The second-order valence-corrected chi connectivity index (χ2v) is 10.8. The second-order valence-electron chi connectivity index (χ2n) is 9.96. The maximum atomic E-state index is 13.3. The average Bonchev–Trinajstić information content (AvgIpc) is 3.07. The largest absolute Gasteiger partial charge is 0.490 e. The van der Waals surface area contributed by atoms with Gasteiger partial charge < -0.3 is 19.7 Å². The number of hydrazone groups is 1. The molecule has 0 fully saturated rings. The van der Waals surface area contributed by atoms with Gasteiger partial charge >= 0.3 is 5.97 Å². The normalized spacial score (nSPS) is 11.2. The number of ether oxygens (including phenoxy) is 2. The van der Waals surface area contributed by atoms with Crippen LogP contribution >= 0.6 is 23.2 Å². The number of hydrogen-bond donors (Lipinski definition) is 2. The maximum absolute atomic E-state index is 13.3. The SMILES string of the molecule is CCOc1cc(C=NNC(=O)C(=Cc2ccc(N(CC)CC)cc2)NC(=O)c2ccccc2Cl)ccc1OC(=O)c1ccccc1Cl. The van der Waals surface area contributed by atoms with Gasteiger partial charge in [0.2, 0.25) is 0 Å². The Labute approximate surface area is 283 Å². The number of halogens is 2. The summed E-state index contributed by atoms with van der Waals surface area (Å²) in [6, 6.07) is 25.6. The van der Waals surface area contributed by atoms with Crippen molar-refractivity contribution < 1.29 is 23.9 Å². The number of nitrogens with zero attached hydrogens (tertiary/aromatic N) is 2. The highest BCUT2D eigenvalue weighted by Gasteiger charge is 2.18. The Balaban J connectivity index is 1.54. The third kappa shape index (κ3) is 9.45. The van der Waals surface area contributed by atoms with Crippen molar-refractivity contribution in [3.05, 3.63) is 129 Å². The highest BCUT2D eigenvalue weighted by Crippen LogP contribution is 2.30. The van der Waals surface area contributed by atoms with Gasteiger partial charge in [-0.1, -0.05) is 59.6 Å². The van der Waals surface area contributed by atoms with Gasteiger partial charge in [0.05, 0.1) is 34.0 Å². The van der Waals surface area contributed by atoms with E-state index in [-0.39, 0.29) is 32.6 Å². The first kappa shape index (κ1) is 34.7.